The third kappa shape index (κ3) is 5.26. The molecule has 2 amide bonds. The van der Waals surface area contributed by atoms with Crippen LogP contribution in [0.5, 0.6) is 0 Å². The fraction of sp³-hybridized carbons (Fsp3) is 0.280. The van der Waals surface area contributed by atoms with E-state index in [0.29, 0.717) is 16.9 Å². The van der Waals surface area contributed by atoms with Gasteiger partial charge in [-0.25, -0.2) is 4.98 Å². The lowest BCUT2D eigenvalue weighted by Gasteiger charge is -2.15. The lowest BCUT2D eigenvalue weighted by Crippen LogP contribution is -2.26. The first-order chi connectivity index (χ1) is 17.3. The minimum absolute atomic E-state index is 0.0513. The van der Waals surface area contributed by atoms with Crippen molar-refractivity contribution in [2.45, 2.75) is 40.4 Å². The molecular weight excluding hydrogens is 571 g/mol. The van der Waals surface area contributed by atoms with Gasteiger partial charge < -0.3 is 11.1 Å². The van der Waals surface area contributed by atoms with Crippen molar-refractivity contribution in [3.63, 3.8) is 0 Å². The SMILES string of the molecule is Cc1ccc(-c2cc(C(F)(F)F)nc3sc(C(N)=O)c(NC(=O)C(C)Cn4nc(C)c(Br)c4C)c23)cc1. The van der Waals surface area contributed by atoms with E-state index in [4.69, 9.17) is 5.73 Å². The molecule has 0 aliphatic carbocycles. The third-order valence-corrected chi connectivity index (χ3v) is 8.22. The quantitative estimate of drug-likeness (QED) is 0.276. The summed E-state index contributed by atoms with van der Waals surface area (Å²) in [6.45, 7) is 7.50. The Labute approximate surface area is 223 Å². The molecule has 3 aromatic heterocycles. The lowest BCUT2D eigenvalue weighted by atomic mass is 9.99. The predicted octanol–water partition coefficient (Wildman–Crippen LogP) is 6.24. The molecule has 1 unspecified atom stereocenters. The molecule has 0 aliphatic heterocycles. The number of nitrogens with zero attached hydrogens (tertiary/aromatic N) is 3. The second kappa shape index (κ2) is 9.90. The molecule has 0 fully saturated rings. The van der Waals surface area contributed by atoms with Gasteiger partial charge in [0.25, 0.3) is 5.91 Å². The summed E-state index contributed by atoms with van der Waals surface area (Å²) in [4.78, 5) is 29.2. The molecule has 3 heterocycles. The van der Waals surface area contributed by atoms with Crippen LogP contribution in [-0.4, -0.2) is 26.6 Å². The average Bonchev–Trinajstić information content (AvgIpc) is 3.31. The Bertz CT molecular complexity index is 1530. The number of halogens is 4. The average molecular weight is 594 g/mol. The van der Waals surface area contributed by atoms with Crippen molar-refractivity contribution in [1.29, 1.82) is 0 Å². The minimum atomic E-state index is -4.71. The first-order valence-corrected chi connectivity index (χ1v) is 12.8. The van der Waals surface area contributed by atoms with E-state index in [1.54, 1.807) is 35.9 Å². The molecule has 0 aliphatic rings. The molecule has 4 rings (SSSR count). The smallest absolute Gasteiger partial charge is 0.365 e. The normalized spacial score (nSPS) is 12.6. The first-order valence-electron chi connectivity index (χ1n) is 11.2. The van der Waals surface area contributed by atoms with Gasteiger partial charge in [-0.05, 0) is 53.9 Å². The van der Waals surface area contributed by atoms with Crippen molar-refractivity contribution in [3.05, 3.63) is 62.3 Å². The number of nitrogens with one attached hydrogen (secondary N) is 1. The Balaban J connectivity index is 1.83. The molecule has 7 nitrogen and oxygen atoms in total. The van der Waals surface area contributed by atoms with E-state index in [9.17, 15) is 22.8 Å². The first kappa shape index (κ1) is 26.8. The molecule has 1 aromatic carbocycles. The van der Waals surface area contributed by atoms with Crippen LogP contribution in [0.1, 0.15) is 39.2 Å². The largest absolute Gasteiger partial charge is 0.433 e. The number of carbonyl (C=O) groups excluding carboxylic acids is 2. The van der Waals surface area contributed by atoms with Gasteiger partial charge in [-0.15, -0.1) is 11.3 Å². The second-order valence-electron chi connectivity index (χ2n) is 8.83. The number of carbonyl (C=O) groups is 2. The highest BCUT2D eigenvalue weighted by Crippen LogP contribution is 2.43. The number of pyridine rings is 1. The fourth-order valence-corrected chi connectivity index (χ4v) is 5.23. The third-order valence-electron chi connectivity index (χ3n) is 5.97. The maximum absolute atomic E-state index is 13.7. The zero-order valence-electron chi connectivity index (χ0n) is 20.3. The lowest BCUT2D eigenvalue weighted by molar-refractivity contribution is -0.140. The highest BCUT2D eigenvalue weighted by molar-refractivity contribution is 9.10. The number of alkyl halides is 3. The van der Waals surface area contributed by atoms with Gasteiger partial charge in [0.15, 0.2) is 0 Å². The number of primary amides is 1. The Morgan fingerprint density at radius 3 is 2.38 bits per heavy atom. The van der Waals surface area contributed by atoms with E-state index in [-0.39, 0.29) is 32.9 Å². The molecule has 0 radical (unpaired) electrons. The van der Waals surface area contributed by atoms with Crippen LogP contribution in [0.15, 0.2) is 34.8 Å². The van der Waals surface area contributed by atoms with Gasteiger partial charge in [0, 0.05) is 11.1 Å². The summed E-state index contributed by atoms with van der Waals surface area (Å²) >= 11 is 4.18. The number of benzene rings is 1. The number of aromatic nitrogens is 3. The van der Waals surface area contributed by atoms with E-state index in [0.717, 1.165) is 27.5 Å². The number of fused-ring (bicyclic) bond motifs is 1. The van der Waals surface area contributed by atoms with E-state index in [2.05, 4.69) is 31.3 Å². The fourth-order valence-electron chi connectivity index (χ4n) is 3.94. The Hall–Kier alpha value is -3.25. The van der Waals surface area contributed by atoms with Crippen LogP contribution in [0.4, 0.5) is 18.9 Å². The van der Waals surface area contributed by atoms with Gasteiger partial charge in [0.1, 0.15) is 15.4 Å². The summed E-state index contributed by atoms with van der Waals surface area (Å²) in [5, 5.41) is 7.40. The van der Waals surface area contributed by atoms with E-state index >= 15 is 0 Å². The maximum atomic E-state index is 13.7. The standard InChI is InChI=1S/C25H23BrF3N5O2S/c1-11-5-7-15(8-6-11)16-9-17(25(27,28)29)31-24-18(16)20(21(37-24)22(30)35)32-23(36)12(2)10-34-14(4)19(26)13(3)33-34/h5-9,12H,10H2,1-4H3,(H2,30,35)(H,32,36). The highest BCUT2D eigenvalue weighted by Gasteiger charge is 2.35. The number of hydrogen-bond acceptors (Lipinski definition) is 5. The highest BCUT2D eigenvalue weighted by atomic mass is 79.9. The summed E-state index contributed by atoms with van der Waals surface area (Å²) in [5.41, 5.74) is 7.74. The van der Waals surface area contributed by atoms with Crippen LogP contribution in [0.3, 0.4) is 0 Å². The van der Waals surface area contributed by atoms with Crippen molar-refractivity contribution < 1.29 is 22.8 Å². The van der Waals surface area contributed by atoms with Crippen molar-refractivity contribution in [1.82, 2.24) is 14.8 Å². The van der Waals surface area contributed by atoms with Crippen LogP contribution < -0.4 is 11.1 Å². The summed E-state index contributed by atoms with van der Waals surface area (Å²) in [5.74, 6) is -1.91. The minimum Gasteiger partial charge on any atom is -0.365 e. The van der Waals surface area contributed by atoms with Gasteiger partial charge in [-0.2, -0.15) is 18.3 Å². The summed E-state index contributed by atoms with van der Waals surface area (Å²) < 4.78 is 43.6. The van der Waals surface area contributed by atoms with Crippen LogP contribution in [0.2, 0.25) is 0 Å². The van der Waals surface area contributed by atoms with Crippen LogP contribution in [-0.2, 0) is 17.5 Å². The van der Waals surface area contributed by atoms with Gasteiger partial charge in [0.2, 0.25) is 5.91 Å². The van der Waals surface area contributed by atoms with E-state index in [1.807, 2.05) is 20.8 Å². The summed E-state index contributed by atoms with van der Waals surface area (Å²) in [6, 6.07) is 7.82. The number of aryl methyl sites for hydroxylation is 2. The van der Waals surface area contributed by atoms with Crippen molar-refractivity contribution in [3.8, 4) is 11.1 Å². The van der Waals surface area contributed by atoms with Crippen molar-refractivity contribution in [2.24, 2.45) is 11.7 Å². The predicted molar refractivity (Wildman–Crippen MR) is 141 cm³/mol. The monoisotopic (exact) mass is 593 g/mol. The van der Waals surface area contributed by atoms with Gasteiger partial charge >= 0.3 is 6.18 Å². The number of anilines is 1. The molecule has 1 atom stereocenters. The van der Waals surface area contributed by atoms with Crippen LogP contribution >= 0.6 is 27.3 Å². The number of rotatable bonds is 6. The van der Waals surface area contributed by atoms with Crippen LogP contribution in [0, 0.1) is 26.7 Å². The van der Waals surface area contributed by atoms with Crippen molar-refractivity contribution >= 4 is 55.0 Å². The number of amides is 2. The number of nitrogens with two attached hydrogens (primary N) is 1. The molecule has 4 aromatic rings. The van der Waals surface area contributed by atoms with Gasteiger partial charge in [0.05, 0.1) is 28.3 Å². The van der Waals surface area contributed by atoms with E-state index < -0.39 is 29.6 Å². The molecule has 0 saturated carbocycles. The summed E-state index contributed by atoms with van der Waals surface area (Å²) in [7, 11) is 0. The second-order valence-corrected chi connectivity index (χ2v) is 10.6. The topological polar surface area (TPSA) is 103 Å². The maximum Gasteiger partial charge on any atom is 0.433 e. The van der Waals surface area contributed by atoms with Gasteiger partial charge in [-0.3, -0.25) is 14.3 Å². The molecule has 194 valence electrons. The molecule has 0 bridgehead atoms. The number of thiophene rings is 1. The Kier molecular flexibility index (Phi) is 7.17. The number of hydrogen-bond donors (Lipinski definition) is 2. The summed E-state index contributed by atoms with van der Waals surface area (Å²) in [6.07, 6.45) is -4.71. The zero-order chi connectivity index (χ0) is 27.2. The van der Waals surface area contributed by atoms with Crippen molar-refractivity contribution in [2.75, 3.05) is 5.32 Å². The Morgan fingerprint density at radius 1 is 1.19 bits per heavy atom. The molecule has 3 N–H and O–H groups in total. The van der Waals surface area contributed by atoms with Crippen LogP contribution in [0.25, 0.3) is 21.3 Å². The molecule has 0 saturated heterocycles. The van der Waals surface area contributed by atoms with E-state index in [1.165, 1.54) is 0 Å². The molecule has 0 spiro atoms. The molecular formula is C25H23BrF3N5O2S. The zero-order valence-corrected chi connectivity index (χ0v) is 22.7. The Morgan fingerprint density at radius 2 is 1.84 bits per heavy atom. The van der Waals surface area contributed by atoms with Gasteiger partial charge in [-0.1, -0.05) is 36.8 Å². The molecule has 37 heavy (non-hydrogen) atoms. The molecule has 12 heteroatoms.